The van der Waals surface area contributed by atoms with Gasteiger partial charge in [0.2, 0.25) is 5.60 Å². The van der Waals surface area contributed by atoms with Crippen molar-refractivity contribution in [3.05, 3.63) is 24.7 Å². The Morgan fingerprint density at radius 2 is 2.42 bits per heavy atom. The van der Waals surface area contributed by atoms with Crippen molar-refractivity contribution in [2.75, 3.05) is 6.61 Å². The molecule has 0 saturated carbocycles. The molecule has 0 bridgehead atoms. The number of halogens is 1. The minimum atomic E-state index is -1.75. The predicted octanol–water partition coefficient (Wildman–Crippen LogP) is -0.777. The first kappa shape index (κ1) is 13.8. The fraction of sp³-hybridized carbons (Fsp3) is 0.455. The van der Waals surface area contributed by atoms with Gasteiger partial charge in [-0.3, -0.25) is 0 Å². The fourth-order valence-corrected chi connectivity index (χ4v) is 2.33. The van der Waals surface area contributed by atoms with Crippen LogP contribution < -0.4 is 5.73 Å². The molecular formula is C11H13ClN4O3. The molecule has 0 amide bonds. The first-order valence-electron chi connectivity index (χ1n) is 5.47. The van der Waals surface area contributed by atoms with Crippen molar-refractivity contribution in [3.63, 3.8) is 0 Å². The van der Waals surface area contributed by atoms with Gasteiger partial charge < -0.3 is 25.6 Å². The normalized spacial score (nSPS) is 38.2. The van der Waals surface area contributed by atoms with Crippen molar-refractivity contribution in [2.45, 2.75) is 23.3 Å². The number of rotatable bonds is 2. The summed E-state index contributed by atoms with van der Waals surface area (Å²) in [5.74, 6) is 0.550. The molecule has 2 heterocycles. The number of aliphatic imine (C=N–C) groups is 1. The van der Waals surface area contributed by atoms with Gasteiger partial charge in [0.1, 0.15) is 29.2 Å². The van der Waals surface area contributed by atoms with Gasteiger partial charge in [-0.05, 0) is 6.08 Å². The van der Waals surface area contributed by atoms with Gasteiger partial charge in [0.15, 0.2) is 6.23 Å². The number of aliphatic hydroxyl groups is 2. The zero-order valence-electron chi connectivity index (χ0n) is 9.90. The van der Waals surface area contributed by atoms with Crippen molar-refractivity contribution < 1.29 is 14.9 Å². The molecule has 0 radical (unpaired) electrons. The molecule has 4 atom stereocenters. The Balaban J connectivity index is 2.27. The van der Waals surface area contributed by atoms with Crippen LogP contribution in [0.3, 0.4) is 0 Å². The summed E-state index contributed by atoms with van der Waals surface area (Å²) in [6.45, 7) is 3.02. The molecule has 0 aromatic rings. The third kappa shape index (κ3) is 2.09. The van der Waals surface area contributed by atoms with Crippen LogP contribution in [0.1, 0.15) is 0 Å². The first-order valence-corrected chi connectivity index (χ1v) is 5.90. The van der Waals surface area contributed by atoms with Gasteiger partial charge >= 0.3 is 0 Å². The van der Waals surface area contributed by atoms with Gasteiger partial charge in [0.25, 0.3) is 0 Å². The van der Waals surface area contributed by atoms with E-state index in [-0.39, 0.29) is 11.7 Å². The van der Waals surface area contributed by atoms with E-state index in [1.54, 1.807) is 12.3 Å². The largest absolute Gasteiger partial charge is 0.392 e. The lowest BCUT2D eigenvalue weighted by Gasteiger charge is -2.30. The van der Waals surface area contributed by atoms with Crippen molar-refractivity contribution in [3.8, 4) is 6.07 Å². The van der Waals surface area contributed by atoms with Crippen molar-refractivity contribution in [2.24, 2.45) is 10.7 Å². The Labute approximate surface area is 114 Å². The van der Waals surface area contributed by atoms with Gasteiger partial charge in [-0.1, -0.05) is 6.58 Å². The van der Waals surface area contributed by atoms with Gasteiger partial charge in [0.05, 0.1) is 6.61 Å². The number of nitrogens with zero attached hydrogens (tertiary/aromatic N) is 3. The van der Waals surface area contributed by atoms with Crippen LogP contribution in [0, 0.1) is 11.3 Å². The van der Waals surface area contributed by atoms with E-state index in [0.717, 1.165) is 0 Å². The van der Waals surface area contributed by atoms with E-state index in [9.17, 15) is 10.2 Å². The highest BCUT2D eigenvalue weighted by molar-refractivity contribution is 6.21. The summed E-state index contributed by atoms with van der Waals surface area (Å²) in [5, 5.41) is 27.4. The molecule has 7 nitrogen and oxygen atoms in total. The third-order valence-corrected chi connectivity index (χ3v) is 3.50. The van der Waals surface area contributed by atoms with Crippen molar-refractivity contribution in [1.82, 2.24) is 4.90 Å². The second kappa shape index (κ2) is 4.83. The maximum absolute atomic E-state index is 9.97. The molecule has 8 heteroatoms. The number of hydrogen-bond acceptors (Lipinski definition) is 7. The van der Waals surface area contributed by atoms with Crippen molar-refractivity contribution in [1.29, 1.82) is 5.26 Å². The molecule has 0 aromatic heterocycles. The number of ether oxygens (including phenoxy) is 1. The Kier molecular flexibility index (Phi) is 3.52. The lowest BCUT2D eigenvalue weighted by Crippen LogP contribution is -2.43. The van der Waals surface area contributed by atoms with E-state index in [4.69, 9.17) is 27.3 Å². The summed E-state index contributed by atoms with van der Waals surface area (Å²) in [7, 11) is 0. The van der Waals surface area contributed by atoms with Crippen LogP contribution in [-0.4, -0.2) is 50.9 Å². The van der Waals surface area contributed by atoms with Crippen LogP contribution in [0.2, 0.25) is 0 Å². The second-order valence-corrected chi connectivity index (χ2v) is 4.74. The number of nitrogens with two attached hydrogens (primary N) is 1. The van der Waals surface area contributed by atoms with E-state index in [2.05, 4.69) is 11.6 Å². The van der Waals surface area contributed by atoms with Gasteiger partial charge in [-0.25, -0.2) is 4.99 Å². The molecule has 2 rings (SSSR count). The standard InChI is InChI=1S/C11H13ClN4O3/c1-6-15-7(14)2-3-16(6)10-8(12)9(18)11(4-13,5-17)19-10/h2-3,8-10,17-18H,1,5H2,(H2,14,15)/t8-,9+,10-,11-/m1/s1. The molecule has 0 spiro atoms. The smallest absolute Gasteiger partial charge is 0.206 e. The third-order valence-electron chi connectivity index (χ3n) is 3.04. The topological polar surface area (TPSA) is 115 Å². The summed E-state index contributed by atoms with van der Waals surface area (Å²) in [5.41, 5.74) is 3.76. The highest BCUT2D eigenvalue weighted by Gasteiger charge is 2.56. The van der Waals surface area contributed by atoms with Crippen molar-refractivity contribution >= 4 is 17.4 Å². The molecule has 0 unspecified atom stereocenters. The Bertz CT molecular complexity index is 501. The zero-order chi connectivity index (χ0) is 14.2. The van der Waals surface area contributed by atoms with E-state index in [1.165, 1.54) is 11.0 Å². The number of amidine groups is 1. The van der Waals surface area contributed by atoms with E-state index >= 15 is 0 Å². The van der Waals surface area contributed by atoms with E-state index in [1.807, 2.05) is 0 Å². The predicted molar refractivity (Wildman–Crippen MR) is 67.7 cm³/mol. The monoisotopic (exact) mass is 284 g/mol. The van der Waals surface area contributed by atoms with Crippen LogP contribution in [-0.2, 0) is 4.74 Å². The molecule has 2 aliphatic heterocycles. The Morgan fingerprint density at radius 1 is 1.74 bits per heavy atom. The van der Waals surface area contributed by atoms with E-state index < -0.39 is 29.9 Å². The molecule has 4 N–H and O–H groups in total. The summed E-state index contributed by atoms with van der Waals surface area (Å²) in [4.78, 5) is 5.39. The minimum Gasteiger partial charge on any atom is -0.392 e. The average Bonchev–Trinajstić information content (AvgIpc) is 2.64. The van der Waals surface area contributed by atoms with Crippen LogP contribution in [0.15, 0.2) is 29.7 Å². The minimum absolute atomic E-state index is 0.273. The maximum Gasteiger partial charge on any atom is 0.206 e. The number of aliphatic hydroxyl groups excluding tert-OH is 2. The highest BCUT2D eigenvalue weighted by atomic mass is 35.5. The lowest BCUT2D eigenvalue weighted by molar-refractivity contribution is -0.0993. The first-order chi connectivity index (χ1) is 8.95. The molecule has 102 valence electrons. The molecule has 0 aromatic carbocycles. The average molecular weight is 285 g/mol. The molecule has 1 saturated heterocycles. The molecule has 1 fully saturated rings. The SMILES string of the molecule is C=C1N=C(N)C=CN1[C@@H]1O[C@](C#N)(CO)[C@@H](O)[C@H]1Cl. The van der Waals surface area contributed by atoms with Gasteiger partial charge in [-0.2, -0.15) is 5.26 Å². The molecule has 19 heavy (non-hydrogen) atoms. The summed E-state index contributed by atoms with van der Waals surface area (Å²) >= 11 is 6.07. The second-order valence-electron chi connectivity index (χ2n) is 4.23. The number of hydrogen-bond donors (Lipinski definition) is 3. The molecule has 0 aliphatic carbocycles. The zero-order valence-corrected chi connectivity index (χ0v) is 10.7. The van der Waals surface area contributed by atoms with E-state index in [0.29, 0.717) is 0 Å². The number of alkyl halides is 1. The van der Waals surface area contributed by atoms with Crippen LogP contribution in [0.5, 0.6) is 0 Å². The van der Waals surface area contributed by atoms with Crippen LogP contribution >= 0.6 is 11.6 Å². The van der Waals surface area contributed by atoms with Crippen LogP contribution in [0.4, 0.5) is 0 Å². The van der Waals surface area contributed by atoms with Gasteiger partial charge in [-0.15, -0.1) is 11.6 Å². The molecule has 2 aliphatic rings. The summed E-state index contributed by atoms with van der Waals surface area (Å²) in [6, 6.07) is 1.75. The van der Waals surface area contributed by atoms with Gasteiger partial charge in [0, 0.05) is 6.20 Å². The fourth-order valence-electron chi connectivity index (χ4n) is 1.95. The number of nitriles is 1. The van der Waals surface area contributed by atoms with Crippen LogP contribution in [0.25, 0.3) is 0 Å². The quantitative estimate of drug-likeness (QED) is 0.573. The Hall–Kier alpha value is -1.59. The Morgan fingerprint density at radius 3 is 2.89 bits per heavy atom. The maximum atomic E-state index is 9.97. The lowest BCUT2D eigenvalue weighted by atomic mass is 9.99. The molecular weight excluding hydrogens is 272 g/mol. The summed E-state index contributed by atoms with van der Waals surface area (Å²) in [6.07, 6.45) is 0.851. The highest BCUT2D eigenvalue weighted by Crippen LogP contribution is 2.37. The summed E-state index contributed by atoms with van der Waals surface area (Å²) < 4.78 is 5.43.